The van der Waals surface area contributed by atoms with Crippen LogP contribution in [0.15, 0.2) is 48.5 Å². The summed E-state index contributed by atoms with van der Waals surface area (Å²) in [4.78, 5) is 0. The number of anilines is 1. The van der Waals surface area contributed by atoms with E-state index in [2.05, 4.69) is 53.8 Å². The van der Waals surface area contributed by atoms with Gasteiger partial charge in [0.05, 0.1) is 5.78 Å². The van der Waals surface area contributed by atoms with Gasteiger partial charge in [-0.15, -0.1) is 8.58 Å². The van der Waals surface area contributed by atoms with Crippen LogP contribution in [0.4, 0.5) is 5.69 Å². The van der Waals surface area contributed by atoms with Gasteiger partial charge in [-0.3, -0.25) is 0 Å². The van der Waals surface area contributed by atoms with Gasteiger partial charge < -0.3 is 5.32 Å². The van der Waals surface area contributed by atoms with Crippen LogP contribution in [-0.4, -0.2) is 5.78 Å². The highest BCUT2D eigenvalue weighted by atomic mass is 31.1. The smallest absolute Gasteiger partial charge is 0.0538 e. The van der Waals surface area contributed by atoms with E-state index in [-0.39, 0.29) is 0 Å². The largest absolute Gasteiger partial charge is 0.378 e. The second kappa shape index (κ2) is 4.89. The van der Waals surface area contributed by atoms with E-state index >= 15 is 0 Å². The Labute approximate surface area is 117 Å². The molecule has 0 saturated carbocycles. The predicted molar refractivity (Wildman–Crippen MR) is 87.1 cm³/mol. The molecule has 2 heterocycles. The van der Waals surface area contributed by atoms with Crippen LogP contribution >= 0.6 is 17.2 Å². The molecule has 2 aliphatic heterocycles. The highest BCUT2D eigenvalue weighted by Crippen LogP contribution is 2.54. The van der Waals surface area contributed by atoms with Crippen LogP contribution in [0.1, 0.15) is 22.3 Å². The molecular weight excluding hydrogens is 268 g/mol. The first-order valence-corrected chi connectivity index (χ1v) is 9.38. The van der Waals surface area contributed by atoms with Gasteiger partial charge in [-0.05, 0) is 35.1 Å². The van der Waals surface area contributed by atoms with Gasteiger partial charge in [0.1, 0.15) is 0 Å². The Balaban J connectivity index is 1.63. The SMILES string of the molecule is c1ccc2c(c1)CPC(C1PCc3ccccc31)N2. The maximum absolute atomic E-state index is 3.80. The van der Waals surface area contributed by atoms with Crippen molar-refractivity contribution in [2.75, 3.05) is 5.32 Å². The lowest BCUT2D eigenvalue weighted by molar-refractivity contribution is 0.910. The third kappa shape index (κ3) is 2.10. The van der Waals surface area contributed by atoms with Crippen molar-refractivity contribution in [3.05, 3.63) is 65.2 Å². The fourth-order valence-corrected chi connectivity index (χ4v) is 6.79. The number of nitrogens with one attached hydrogen (secondary N) is 1. The van der Waals surface area contributed by atoms with Crippen molar-refractivity contribution >= 4 is 22.8 Å². The Hall–Kier alpha value is -0.900. The second-order valence-corrected chi connectivity index (χ2v) is 7.99. The molecule has 19 heavy (non-hydrogen) atoms. The highest BCUT2D eigenvalue weighted by molar-refractivity contribution is 7.43. The van der Waals surface area contributed by atoms with E-state index in [9.17, 15) is 0 Å². The summed E-state index contributed by atoms with van der Waals surface area (Å²) in [6.07, 6.45) is 2.53. The first kappa shape index (κ1) is 11.9. The number of hydrogen-bond donors (Lipinski definition) is 1. The van der Waals surface area contributed by atoms with Gasteiger partial charge in [-0.25, -0.2) is 0 Å². The van der Waals surface area contributed by atoms with Crippen LogP contribution in [-0.2, 0) is 12.3 Å². The lowest BCUT2D eigenvalue weighted by atomic mass is 10.1. The number of para-hydroxylation sites is 1. The second-order valence-electron chi connectivity index (χ2n) is 5.22. The first-order chi connectivity index (χ1) is 9.42. The van der Waals surface area contributed by atoms with Crippen LogP contribution in [0.5, 0.6) is 0 Å². The quantitative estimate of drug-likeness (QED) is 0.758. The lowest BCUT2D eigenvalue weighted by Gasteiger charge is -2.31. The third-order valence-electron chi connectivity index (χ3n) is 4.08. The summed E-state index contributed by atoms with van der Waals surface area (Å²) < 4.78 is 0. The topological polar surface area (TPSA) is 12.0 Å². The van der Waals surface area contributed by atoms with Gasteiger partial charge in [0.2, 0.25) is 0 Å². The molecule has 0 saturated heterocycles. The Morgan fingerprint density at radius 2 is 1.58 bits per heavy atom. The van der Waals surface area contributed by atoms with Crippen molar-refractivity contribution < 1.29 is 0 Å². The Kier molecular flexibility index (Phi) is 3.06. The van der Waals surface area contributed by atoms with E-state index in [1.54, 1.807) is 11.1 Å². The van der Waals surface area contributed by atoms with Crippen molar-refractivity contribution in [2.24, 2.45) is 0 Å². The van der Waals surface area contributed by atoms with Crippen molar-refractivity contribution in [1.82, 2.24) is 0 Å². The monoisotopic (exact) mass is 285 g/mol. The van der Waals surface area contributed by atoms with Gasteiger partial charge in [0.25, 0.3) is 0 Å². The molecule has 0 radical (unpaired) electrons. The molecule has 4 rings (SSSR count). The van der Waals surface area contributed by atoms with Crippen LogP contribution in [0, 0.1) is 0 Å². The van der Waals surface area contributed by atoms with Crippen LogP contribution in [0.25, 0.3) is 0 Å². The van der Waals surface area contributed by atoms with E-state index in [1.807, 2.05) is 0 Å². The Bertz CT molecular complexity index is 611. The summed E-state index contributed by atoms with van der Waals surface area (Å²) in [6, 6.07) is 17.8. The maximum Gasteiger partial charge on any atom is 0.0538 e. The molecule has 0 spiro atoms. The molecule has 2 aromatic carbocycles. The first-order valence-electron chi connectivity index (χ1n) is 6.81. The number of hydrogen-bond acceptors (Lipinski definition) is 1. The van der Waals surface area contributed by atoms with Crippen molar-refractivity contribution in [1.29, 1.82) is 0 Å². The average Bonchev–Trinajstić information content (AvgIpc) is 2.91. The zero-order valence-corrected chi connectivity index (χ0v) is 12.7. The van der Waals surface area contributed by atoms with Crippen molar-refractivity contribution in [2.45, 2.75) is 23.8 Å². The number of rotatable bonds is 1. The van der Waals surface area contributed by atoms with Crippen molar-refractivity contribution in [3.8, 4) is 0 Å². The van der Waals surface area contributed by atoms with E-state index in [0.717, 1.165) is 22.8 Å². The molecule has 3 heteroatoms. The van der Waals surface area contributed by atoms with E-state index in [1.165, 1.54) is 23.6 Å². The molecule has 4 atom stereocenters. The molecule has 2 aliphatic rings. The average molecular weight is 285 g/mol. The minimum Gasteiger partial charge on any atom is -0.378 e. The molecule has 2 aromatic rings. The third-order valence-corrected chi connectivity index (χ3v) is 7.58. The van der Waals surface area contributed by atoms with Gasteiger partial charge >= 0.3 is 0 Å². The number of fused-ring (bicyclic) bond motifs is 2. The summed E-state index contributed by atoms with van der Waals surface area (Å²) in [5, 5.41) is 3.80. The summed E-state index contributed by atoms with van der Waals surface area (Å²) in [6.45, 7) is 0. The number of benzene rings is 2. The van der Waals surface area contributed by atoms with Crippen LogP contribution < -0.4 is 5.32 Å². The summed E-state index contributed by atoms with van der Waals surface area (Å²) >= 11 is 0. The molecule has 4 unspecified atom stereocenters. The minimum absolute atomic E-state index is 0.650. The summed E-state index contributed by atoms with van der Waals surface area (Å²) in [5.41, 5.74) is 6.77. The predicted octanol–water partition coefficient (Wildman–Crippen LogP) is 4.55. The zero-order valence-electron chi connectivity index (χ0n) is 10.7. The lowest BCUT2D eigenvalue weighted by Crippen LogP contribution is -2.23. The van der Waals surface area contributed by atoms with Crippen LogP contribution in [0.3, 0.4) is 0 Å². The van der Waals surface area contributed by atoms with Gasteiger partial charge in [-0.2, -0.15) is 0 Å². The fourth-order valence-electron chi connectivity index (χ4n) is 3.08. The van der Waals surface area contributed by atoms with E-state index in [0.29, 0.717) is 5.78 Å². The molecule has 0 aromatic heterocycles. The molecular formula is C16H17NP2. The molecule has 0 bridgehead atoms. The molecule has 1 N–H and O–H groups in total. The maximum atomic E-state index is 3.80. The van der Waals surface area contributed by atoms with Gasteiger partial charge in [0.15, 0.2) is 0 Å². The van der Waals surface area contributed by atoms with E-state index < -0.39 is 0 Å². The van der Waals surface area contributed by atoms with Crippen LogP contribution in [0.2, 0.25) is 0 Å². The van der Waals surface area contributed by atoms with Gasteiger partial charge in [0, 0.05) is 11.3 Å². The molecule has 96 valence electrons. The normalized spacial score (nSPS) is 26.9. The van der Waals surface area contributed by atoms with Gasteiger partial charge in [-0.1, -0.05) is 51.0 Å². The van der Waals surface area contributed by atoms with E-state index in [4.69, 9.17) is 0 Å². The van der Waals surface area contributed by atoms with Crippen molar-refractivity contribution in [3.63, 3.8) is 0 Å². The summed E-state index contributed by atoms with van der Waals surface area (Å²) in [7, 11) is 2.05. The minimum atomic E-state index is 0.650. The molecule has 0 amide bonds. The molecule has 0 fully saturated rings. The Morgan fingerprint density at radius 3 is 2.53 bits per heavy atom. The standard InChI is InChI=1S/C16H17NP2/c1-3-7-13-11(5-1)9-18-15(13)16-17-14-8-4-2-6-12(14)10-19-16/h1-8,15-19H,9-10H2. The highest BCUT2D eigenvalue weighted by Gasteiger charge is 2.31. The molecule has 0 aliphatic carbocycles. The fraction of sp³-hybridized carbons (Fsp3) is 0.250. The molecule has 1 nitrogen and oxygen atoms in total. The Morgan fingerprint density at radius 1 is 0.842 bits per heavy atom. The summed E-state index contributed by atoms with van der Waals surface area (Å²) in [5.74, 6) is 0.650. The zero-order chi connectivity index (χ0) is 12.7.